The molecule has 2 saturated carbocycles. The number of aromatic nitrogens is 2. The van der Waals surface area contributed by atoms with E-state index in [1.54, 1.807) is 4.90 Å². The zero-order valence-electron chi connectivity index (χ0n) is 22.5. The Labute approximate surface area is 231 Å². The minimum absolute atomic E-state index is 0.0264. The number of hydrogen-bond donors (Lipinski definition) is 1. The Morgan fingerprint density at radius 3 is 2.62 bits per heavy atom. The monoisotopic (exact) mass is 563 g/mol. The summed E-state index contributed by atoms with van der Waals surface area (Å²) in [6.45, 7) is 0.644. The van der Waals surface area contributed by atoms with Crippen molar-refractivity contribution in [2.45, 2.75) is 89.0 Å². The highest BCUT2D eigenvalue weighted by Gasteiger charge is 2.36. The van der Waals surface area contributed by atoms with E-state index in [0.29, 0.717) is 18.9 Å². The number of nitrogens with zero attached hydrogens (tertiary/aromatic N) is 4. The second kappa shape index (κ2) is 12.6. The van der Waals surface area contributed by atoms with Gasteiger partial charge >= 0.3 is 6.18 Å². The molecule has 2 aromatic rings. The lowest BCUT2D eigenvalue weighted by Crippen LogP contribution is -2.38. The van der Waals surface area contributed by atoms with E-state index in [1.165, 1.54) is 31.4 Å². The number of nitrogens with two attached hydrogens (primary N) is 1. The number of guanidine groups is 1. The number of amides is 1. The molecule has 2 N–H and O–H groups in total. The molecule has 218 valence electrons. The Morgan fingerprint density at radius 1 is 1.10 bits per heavy atom. The summed E-state index contributed by atoms with van der Waals surface area (Å²) in [7, 11) is 0. The normalized spacial score (nSPS) is 21.0. The van der Waals surface area contributed by atoms with Gasteiger partial charge in [-0.05, 0) is 62.6 Å². The van der Waals surface area contributed by atoms with E-state index in [0.717, 1.165) is 51.0 Å². The Balaban J connectivity index is 1.25. The number of aliphatic imine (C=N–C) groups is 1. The molecule has 1 aromatic carbocycles. The number of halogens is 3. The summed E-state index contributed by atoms with van der Waals surface area (Å²) in [6, 6.07) is 3.38. The highest BCUT2D eigenvalue weighted by molar-refractivity contribution is 5.93. The van der Waals surface area contributed by atoms with Gasteiger partial charge in [0.1, 0.15) is 18.4 Å². The van der Waals surface area contributed by atoms with Crippen molar-refractivity contribution in [2.24, 2.45) is 16.6 Å². The maximum atomic E-state index is 13.9. The summed E-state index contributed by atoms with van der Waals surface area (Å²) in [5.41, 5.74) is 5.41. The summed E-state index contributed by atoms with van der Waals surface area (Å²) in [5, 5.41) is 3.94. The Bertz CT molecular complexity index is 1190. The molecule has 0 radical (unpaired) electrons. The number of ether oxygens (including phenoxy) is 2. The minimum Gasteiger partial charge on any atom is -0.493 e. The van der Waals surface area contributed by atoms with E-state index in [-0.39, 0.29) is 48.3 Å². The first-order valence-corrected chi connectivity index (χ1v) is 14.2. The van der Waals surface area contributed by atoms with Crippen LogP contribution in [0.5, 0.6) is 5.75 Å². The molecule has 12 heteroatoms. The van der Waals surface area contributed by atoms with E-state index >= 15 is 0 Å². The van der Waals surface area contributed by atoms with Crippen LogP contribution in [0.2, 0.25) is 0 Å². The third kappa shape index (κ3) is 6.94. The van der Waals surface area contributed by atoms with Crippen LogP contribution in [-0.2, 0) is 15.7 Å². The summed E-state index contributed by atoms with van der Waals surface area (Å²) < 4.78 is 58.3. The van der Waals surface area contributed by atoms with Crippen molar-refractivity contribution in [3.8, 4) is 17.1 Å². The van der Waals surface area contributed by atoms with Crippen molar-refractivity contribution in [3.05, 3.63) is 29.7 Å². The number of rotatable bonds is 9. The predicted octanol–water partition coefficient (Wildman–Crippen LogP) is 5.65. The molecule has 0 bridgehead atoms. The van der Waals surface area contributed by atoms with Crippen LogP contribution in [0.1, 0.15) is 88.1 Å². The van der Waals surface area contributed by atoms with E-state index in [1.807, 2.05) is 0 Å². The SMILES string of the molecule is NC(=NC(=O)COC1CCC1)N1CCC[C@H]1c1nc(-c2ccc(OCCC3CCCCC3)c(C(F)(F)F)c2)no1. The summed E-state index contributed by atoms with van der Waals surface area (Å²) in [5.74, 6) is 0.0909. The molecule has 3 fully saturated rings. The van der Waals surface area contributed by atoms with Gasteiger partial charge in [-0.25, -0.2) is 0 Å². The van der Waals surface area contributed by atoms with Crippen LogP contribution in [0.3, 0.4) is 0 Å². The fourth-order valence-corrected chi connectivity index (χ4v) is 5.56. The van der Waals surface area contributed by atoms with Crippen LogP contribution < -0.4 is 10.5 Å². The van der Waals surface area contributed by atoms with Crippen molar-refractivity contribution in [1.29, 1.82) is 0 Å². The van der Waals surface area contributed by atoms with E-state index < -0.39 is 23.7 Å². The number of carbonyl (C=O) groups excluding carboxylic acids is 1. The molecule has 3 aliphatic rings. The molecule has 2 heterocycles. The molecule has 9 nitrogen and oxygen atoms in total. The fourth-order valence-electron chi connectivity index (χ4n) is 5.56. The van der Waals surface area contributed by atoms with Gasteiger partial charge in [0.15, 0.2) is 5.96 Å². The first-order chi connectivity index (χ1) is 19.3. The maximum absolute atomic E-state index is 13.9. The van der Waals surface area contributed by atoms with Gasteiger partial charge in [0.05, 0.1) is 18.3 Å². The Kier molecular flexibility index (Phi) is 8.92. The molecule has 40 heavy (non-hydrogen) atoms. The zero-order chi connectivity index (χ0) is 28.1. The van der Waals surface area contributed by atoms with Gasteiger partial charge in [0.2, 0.25) is 11.7 Å². The van der Waals surface area contributed by atoms with Crippen molar-refractivity contribution < 1.29 is 32.0 Å². The molecule has 0 unspecified atom stereocenters. The van der Waals surface area contributed by atoms with Crippen molar-refractivity contribution in [2.75, 3.05) is 19.8 Å². The number of likely N-dealkylation sites (tertiary alicyclic amines) is 1. The molecular formula is C28H36F3N5O4. The largest absolute Gasteiger partial charge is 0.493 e. The number of benzene rings is 1. The van der Waals surface area contributed by atoms with Crippen LogP contribution in [0.25, 0.3) is 11.4 Å². The number of alkyl halides is 3. The Morgan fingerprint density at radius 2 is 1.90 bits per heavy atom. The van der Waals surface area contributed by atoms with Gasteiger partial charge < -0.3 is 24.6 Å². The van der Waals surface area contributed by atoms with Gasteiger partial charge in [-0.3, -0.25) is 4.79 Å². The lowest BCUT2D eigenvalue weighted by molar-refractivity contribution is -0.139. The standard InChI is InChI=1S/C28H36F3N5O4/c29-28(30,31)21-16-19(11-12-23(21)38-15-13-18-6-2-1-3-7-18)25-34-26(40-35-25)22-10-5-14-36(22)27(32)33-24(37)17-39-20-8-4-9-20/h11-12,16,18,20,22H,1-10,13-15,17H2,(H2,32,33,37)/t22-/m0/s1. The van der Waals surface area contributed by atoms with Crippen molar-refractivity contribution in [3.63, 3.8) is 0 Å². The van der Waals surface area contributed by atoms with Crippen LogP contribution in [0.4, 0.5) is 13.2 Å². The highest BCUT2D eigenvalue weighted by Crippen LogP contribution is 2.39. The van der Waals surface area contributed by atoms with Gasteiger partial charge in [0.25, 0.3) is 5.91 Å². The van der Waals surface area contributed by atoms with Gasteiger partial charge in [-0.2, -0.15) is 23.1 Å². The highest BCUT2D eigenvalue weighted by atomic mass is 19.4. The topological polar surface area (TPSA) is 116 Å². The van der Waals surface area contributed by atoms with Crippen LogP contribution in [0.15, 0.2) is 27.7 Å². The fraction of sp³-hybridized carbons (Fsp3) is 0.643. The van der Waals surface area contributed by atoms with Crippen molar-refractivity contribution >= 4 is 11.9 Å². The van der Waals surface area contributed by atoms with Crippen LogP contribution >= 0.6 is 0 Å². The van der Waals surface area contributed by atoms with Gasteiger partial charge in [-0.1, -0.05) is 37.3 Å². The first kappa shape index (κ1) is 28.4. The summed E-state index contributed by atoms with van der Waals surface area (Å²) >= 11 is 0. The van der Waals surface area contributed by atoms with E-state index in [9.17, 15) is 18.0 Å². The third-order valence-electron chi connectivity index (χ3n) is 8.06. The zero-order valence-corrected chi connectivity index (χ0v) is 22.5. The molecule has 5 rings (SSSR count). The molecule has 1 atom stereocenters. The molecule has 1 aromatic heterocycles. The van der Waals surface area contributed by atoms with E-state index in [2.05, 4.69) is 15.1 Å². The van der Waals surface area contributed by atoms with Gasteiger partial charge in [0, 0.05) is 12.1 Å². The first-order valence-electron chi connectivity index (χ1n) is 14.2. The third-order valence-corrected chi connectivity index (χ3v) is 8.06. The molecular weight excluding hydrogens is 527 g/mol. The second-order valence-electron chi connectivity index (χ2n) is 10.9. The summed E-state index contributed by atoms with van der Waals surface area (Å²) in [4.78, 5) is 22.2. The second-order valence-corrected chi connectivity index (χ2v) is 10.9. The van der Waals surface area contributed by atoms with Crippen molar-refractivity contribution in [1.82, 2.24) is 15.0 Å². The maximum Gasteiger partial charge on any atom is 0.419 e. The lowest BCUT2D eigenvalue weighted by Gasteiger charge is -2.25. The molecule has 1 saturated heterocycles. The quantitative estimate of drug-likeness (QED) is 0.307. The van der Waals surface area contributed by atoms with Crippen LogP contribution in [0, 0.1) is 5.92 Å². The van der Waals surface area contributed by atoms with Crippen LogP contribution in [-0.4, -0.2) is 52.8 Å². The lowest BCUT2D eigenvalue weighted by atomic mass is 9.87. The van der Waals surface area contributed by atoms with E-state index in [4.69, 9.17) is 19.7 Å². The smallest absolute Gasteiger partial charge is 0.419 e. The summed E-state index contributed by atoms with van der Waals surface area (Å²) in [6.07, 6.45) is 6.39. The molecule has 0 spiro atoms. The number of hydrogen-bond acceptors (Lipinski definition) is 6. The predicted molar refractivity (Wildman–Crippen MR) is 140 cm³/mol. The minimum atomic E-state index is -4.61. The number of carbonyl (C=O) groups is 1. The average molecular weight is 564 g/mol. The molecule has 1 amide bonds. The average Bonchev–Trinajstić information content (AvgIpc) is 3.58. The Hall–Kier alpha value is -3.15. The molecule has 1 aliphatic heterocycles. The molecule has 2 aliphatic carbocycles. The van der Waals surface area contributed by atoms with Gasteiger partial charge in [-0.15, -0.1) is 0 Å².